The number of carbonyl (C=O) groups is 2. The number of hydrogen-bond acceptors (Lipinski definition) is 3. The van der Waals surface area contributed by atoms with E-state index < -0.39 is 5.97 Å². The number of hydrogen-bond donors (Lipinski definition) is 3. The van der Waals surface area contributed by atoms with Crippen LogP contribution >= 0.6 is 0 Å². The van der Waals surface area contributed by atoms with Crippen LogP contribution in [0.4, 0.5) is 0 Å². The average molecular weight is 612 g/mol. The van der Waals surface area contributed by atoms with Gasteiger partial charge >= 0.3 is 5.97 Å². The Bertz CT molecular complexity index is 1100. The molecule has 1 unspecified atom stereocenters. The van der Waals surface area contributed by atoms with Gasteiger partial charge in [-0.05, 0) is 135 Å². The molecule has 0 aromatic carbocycles. The molecule has 10 atom stereocenters. The molecule has 0 radical (unpaired) electrons. The third-order valence-corrected chi connectivity index (χ3v) is 15.6. The van der Waals surface area contributed by atoms with Crippen LogP contribution in [0.3, 0.4) is 0 Å². The summed E-state index contributed by atoms with van der Waals surface area (Å²) < 4.78 is 0. The summed E-state index contributed by atoms with van der Waals surface area (Å²) in [5, 5.41) is 23.3. The van der Waals surface area contributed by atoms with E-state index >= 15 is 0 Å². The fraction of sp³-hybridized carbons (Fsp3) is 0.897. The van der Waals surface area contributed by atoms with Crippen LogP contribution in [-0.2, 0) is 9.59 Å². The lowest BCUT2D eigenvalue weighted by molar-refractivity contribution is -0.246. The van der Waals surface area contributed by atoms with Gasteiger partial charge in [0.1, 0.15) is 0 Å². The summed E-state index contributed by atoms with van der Waals surface area (Å²) in [4.78, 5) is 25.0. The molecule has 0 spiro atoms. The largest absolute Gasteiger partial charge is 0.481 e. The summed E-state index contributed by atoms with van der Waals surface area (Å²) >= 11 is 0. The van der Waals surface area contributed by atoms with Crippen LogP contribution in [0, 0.1) is 56.7 Å². The lowest BCUT2D eigenvalue weighted by Crippen LogP contribution is -2.67. The monoisotopic (exact) mass is 611 g/mol. The summed E-state index contributed by atoms with van der Waals surface area (Å²) in [6.45, 7) is 20.0. The highest BCUT2D eigenvalue weighted by Crippen LogP contribution is 2.77. The Morgan fingerprint density at radius 3 is 2.14 bits per heavy atom. The van der Waals surface area contributed by atoms with Gasteiger partial charge in [0.05, 0.1) is 11.5 Å². The maximum atomic E-state index is 14.3. The Kier molecular flexibility index (Phi) is 9.54. The van der Waals surface area contributed by atoms with E-state index in [1.807, 2.05) is 0 Å². The number of carbonyl (C=O) groups excluding carboxylic acids is 1. The van der Waals surface area contributed by atoms with Crippen molar-refractivity contribution >= 4 is 11.9 Å². The van der Waals surface area contributed by atoms with Gasteiger partial charge < -0.3 is 15.5 Å². The van der Waals surface area contributed by atoms with E-state index in [2.05, 4.69) is 53.4 Å². The molecule has 5 rings (SSSR count). The van der Waals surface area contributed by atoms with Crippen molar-refractivity contribution in [2.75, 3.05) is 6.54 Å². The third kappa shape index (κ3) is 5.31. The van der Waals surface area contributed by atoms with Crippen molar-refractivity contribution in [1.29, 1.82) is 0 Å². The predicted octanol–water partition coefficient (Wildman–Crippen LogP) is 8.94. The minimum absolute atomic E-state index is 0.0251. The van der Waals surface area contributed by atoms with Crippen LogP contribution in [0.25, 0.3) is 0 Å². The van der Waals surface area contributed by atoms with Crippen LogP contribution < -0.4 is 5.32 Å². The number of fused-ring (bicyclic) bond motifs is 7. The van der Waals surface area contributed by atoms with Gasteiger partial charge in [0.2, 0.25) is 5.91 Å². The second-order valence-electron chi connectivity index (χ2n) is 17.7. The summed E-state index contributed by atoms with van der Waals surface area (Å²) in [5.74, 6) is 2.25. The third-order valence-electron chi connectivity index (χ3n) is 15.6. The van der Waals surface area contributed by atoms with Crippen LogP contribution in [0.5, 0.6) is 0 Å². The first-order valence-corrected chi connectivity index (χ1v) is 18.5. The maximum absolute atomic E-state index is 14.3. The van der Waals surface area contributed by atoms with Crippen molar-refractivity contribution in [2.45, 2.75) is 157 Å². The molecule has 0 bridgehead atoms. The quantitative estimate of drug-likeness (QED) is 0.161. The van der Waals surface area contributed by atoms with Crippen molar-refractivity contribution in [2.24, 2.45) is 56.7 Å². The van der Waals surface area contributed by atoms with E-state index in [0.29, 0.717) is 35.5 Å². The SMILES string of the molecule is C=C(C)[C@@H]1CC[C@]2(C(=O)NCCCCCCCCC(=O)O)CC[C@]3(C)[C@H](CCC4[C@@]5(C)CC[C@H](O)C(C)(C)[C@@H]5CC[C@]43C)[C@@H]12. The molecule has 0 heterocycles. The lowest BCUT2D eigenvalue weighted by atomic mass is 9.32. The van der Waals surface area contributed by atoms with E-state index in [1.54, 1.807) is 0 Å². The van der Waals surface area contributed by atoms with Gasteiger partial charge in [0.25, 0.3) is 0 Å². The molecule has 5 heteroatoms. The zero-order valence-corrected chi connectivity index (χ0v) is 29.1. The first kappa shape index (κ1) is 34.0. The number of unbranched alkanes of at least 4 members (excludes halogenated alkanes) is 5. The molecule has 3 N–H and O–H groups in total. The highest BCUT2D eigenvalue weighted by Gasteiger charge is 2.71. The normalized spacial score (nSPS) is 44.1. The highest BCUT2D eigenvalue weighted by molar-refractivity contribution is 5.83. The molecular weight excluding hydrogens is 546 g/mol. The number of amides is 1. The highest BCUT2D eigenvalue weighted by atomic mass is 16.4. The summed E-state index contributed by atoms with van der Waals surface area (Å²) in [6.07, 6.45) is 17.4. The molecule has 0 aliphatic heterocycles. The number of rotatable bonds is 11. The van der Waals surface area contributed by atoms with Crippen molar-refractivity contribution in [1.82, 2.24) is 5.32 Å². The van der Waals surface area contributed by atoms with Gasteiger partial charge in [0, 0.05) is 13.0 Å². The second kappa shape index (κ2) is 12.3. The molecule has 0 aromatic heterocycles. The summed E-state index contributed by atoms with van der Waals surface area (Å²) in [5.41, 5.74) is 1.75. The molecule has 0 aromatic rings. The zero-order chi connectivity index (χ0) is 32.1. The number of aliphatic carboxylic acids is 1. The van der Waals surface area contributed by atoms with E-state index in [1.165, 1.54) is 31.3 Å². The number of carboxylic acids is 1. The molecule has 5 saturated carbocycles. The van der Waals surface area contributed by atoms with Crippen LogP contribution in [-0.4, -0.2) is 34.7 Å². The predicted molar refractivity (Wildman–Crippen MR) is 178 cm³/mol. The van der Waals surface area contributed by atoms with Crippen molar-refractivity contribution in [3.05, 3.63) is 12.2 Å². The molecule has 44 heavy (non-hydrogen) atoms. The van der Waals surface area contributed by atoms with Gasteiger partial charge in [-0.25, -0.2) is 0 Å². The molecule has 0 saturated heterocycles. The first-order chi connectivity index (χ1) is 20.6. The van der Waals surface area contributed by atoms with Crippen LogP contribution in [0.2, 0.25) is 0 Å². The lowest BCUT2D eigenvalue weighted by Gasteiger charge is -2.72. The van der Waals surface area contributed by atoms with Gasteiger partial charge in [0.15, 0.2) is 0 Å². The molecule has 5 aliphatic carbocycles. The molecule has 250 valence electrons. The number of aliphatic hydroxyl groups is 1. The number of allylic oxidation sites excluding steroid dienone is 1. The zero-order valence-electron chi connectivity index (χ0n) is 29.1. The van der Waals surface area contributed by atoms with E-state index in [4.69, 9.17) is 5.11 Å². The summed E-state index contributed by atoms with van der Waals surface area (Å²) in [6, 6.07) is 0. The molecule has 1 amide bonds. The molecule has 5 nitrogen and oxygen atoms in total. The fourth-order valence-electron chi connectivity index (χ4n) is 13.0. The van der Waals surface area contributed by atoms with Gasteiger partial charge in [-0.15, -0.1) is 0 Å². The molecule has 5 aliphatic rings. The van der Waals surface area contributed by atoms with E-state index in [0.717, 1.165) is 83.6 Å². The smallest absolute Gasteiger partial charge is 0.303 e. The number of aliphatic hydroxyl groups excluding tert-OH is 1. The number of nitrogens with one attached hydrogen (secondary N) is 1. The van der Waals surface area contributed by atoms with Gasteiger partial charge in [-0.3, -0.25) is 9.59 Å². The summed E-state index contributed by atoms with van der Waals surface area (Å²) in [7, 11) is 0. The fourth-order valence-corrected chi connectivity index (χ4v) is 13.0. The first-order valence-electron chi connectivity index (χ1n) is 18.5. The van der Waals surface area contributed by atoms with Crippen LogP contribution in [0.15, 0.2) is 12.2 Å². The molecular formula is C39H65NO4. The Labute approximate surface area is 268 Å². The standard InChI is InChI=1S/C39H65NO4/c1-26(2)27-17-22-39(34(44)40-25-13-11-9-8-10-12-14-32(42)43)24-23-37(6)28(33(27)39)15-16-30-36(5)20-19-31(41)35(3,4)29(36)18-21-38(30,37)7/h27-31,33,41H,1,8-25H2,2-7H3,(H,40,44)(H,42,43)/t27-,28+,29-,30?,31-,33+,36-,37+,38+,39-/m0/s1. The van der Waals surface area contributed by atoms with Crippen molar-refractivity contribution < 1.29 is 19.8 Å². The average Bonchev–Trinajstić information content (AvgIpc) is 3.36. The minimum atomic E-state index is -0.702. The van der Waals surface area contributed by atoms with Crippen molar-refractivity contribution in [3.63, 3.8) is 0 Å². The Balaban J connectivity index is 1.30. The van der Waals surface area contributed by atoms with E-state index in [9.17, 15) is 14.7 Å². The Hall–Kier alpha value is -1.36. The molecule has 5 fully saturated rings. The van der Waals surface area contributed by atoms with Crippen LogP contribution in [0.1, 0.15) is 151 Å². The van der Waals surface area contributed by atoms with Gasteiger partial charge in [-0.1, -0.05) is 72.5 Å². The second-order valence-corrected chi connectivity index (χ2v) is 17.7. The van der Waals surface area contributed by atoms with Crippen molar-refractivity contribution in [3.8, 4) is 0 Å². The topological polar surface area (TPSA) is 86.6 Å². The Morgan fingerprint density at radius 2 is 1.45 bits per heavy atom. The number of carboxylic acid groups (broad SMARTS) is 1. The Morgan fingerprint density at radius 1 is 0.773 bits per heavy atom. The maximum Gasteiger partial charge on any atom is 0.303 e. The van der Waals surface area contributed by atoms with Gasteiger partial charge in [-0.2, -0.15) is 0 Å². The minimum Gasteiger partial charge on any atom is -0.481 e. The van der Waals surface area contributed by atoms with E-state index in [-0.39, 0.29) is 39.6 Å².